The smallest absolute Gasteiger partial charge is 0.193 e. The minimum absolute atomic E-state index is 0. The van der Waals surface area contributed by atoms with Gasteiger partial charge < -0.3 is 20.5 Å². The fraction of sp³-hybridized carbons (Fsp3) is 0.381. The molecule has 2 aromatic carbocycles. The van der Waals surface area contributed by atoms with Gasteiger partial charge in [-0.3, -0.25) is 9.89 Å². The molecule has 2 aromatic rings. The van der Waals surface area contributed by atoms with Gasteiger partial charge in [0, 0.05) is 5.69 Å². The van der Waals surface area contributed by atoms with Gasteiger partial charge in [0.15, 0.2) is 5.96 Å². The van der Waals surface area contributed by atoms with Crippen molar-refractivity contribution in [3.63, 3.8) is 0 Å². The van der Waals surface area contributed by atoms with E-state index in [1.165, 1.54) is 18.4 Å². The molecule has 0 radical (unpaired) electrons. The molecule has 1 fully saturated rings. The molecule has 6 nitrogen and oxygen atoms in total. The number of aliphatic imine (C=N–C) groups is 1. The van der Waals surface area contributed by atoms with Crippen LogP contribution in [0.4, 0.5) is 5.69 Å². The van der Waals surface area contributed by atoms with E-state index in [0.717, 1.165) is 30.3 Å². The Morgan fingerprint density at radius 1 is 1.07 bits per heavy atom. The molecule has 0 amide bonds. The van der Waals surface area contributed by atoms with E-state index in [1.54, 1.807) is 14.2 Å². The van der Waals surface area contributed by atoms with E-state index < -0.39 is 0 Å². The predicted octanol–water partition coefficient (Wildman–Crippen LogP) is 3.89. The van der Waals surface area contributed by atoms with Crippen molar-refractivity contribution < 1.29 is 9.47 Å². The van der Waals surface area contributed by atoms with Crippen LogP contribution >= 0.6 is 24.0 Å². The summed E-state index contributed by atoms with van der Waals surface area (Å²) in [6.07, 6.45) is 2.45. The summed E-state index contributed by atoms with van der Waals surface area (Å²) in [6, 6.07) is 16.0. The number of hydrogen-bond donors (Lipinski definition) is 2. The molecule has 28 heavy (non-hydrogen) atoms. The highest BCUT2D eigenvalue weighted by Gasteiger charge is 2.23. The molecule has 1 heterocycles. The van der Waals surface area contributed by atoms with Gasteiger partial charge in [-0.2, -0.15) is 0 Å². The Hall–Kier alpha value is -2.00. The summed E-state index contributed by atoms with van der Waals surface area (Å²) in [7, 11) is 3.34. The molecule has 3 N–H and O–H groups in total. The minimum atomic E-state index is 0. The number of nitrogens with one attached hydrogen (secondary N) is 1. The van der Waals surface area contributed by atoms with Gasteiger partial charge in [0.25, 0.3) is 0 Å². The lowest BCUT2D eigenvalue weighted by Crippen LogP contribution is -2.30. The zero-order chi connectivity index (χ0) is 19.1. The Morgan fingerprint density at radius 2 is 1.75 bits per heavy atom. The summed E-state index contributed by atoms with van der Waals surface area (Å²) in [5.41, 5.74) is 8.21. The van der Waals surface area contributed by atoms with E-state index >= 15 is 0 Å². The van der Waals surface area contributed by atoms with Crippen molar-refractivity contribution in [2.45, 2.75) is 18.9 Å². The Kier molecular flexibility index (Phi) is 8.85. The first-order valence-corrected chi connectivity index (χ1v) is 9.28. The summed E-state index contributed by atoms with van der Waals surface area (Å²) in [5.74, 6) is 2.08. The lowest BCUT2D eigenvalue weighted by molar-refractivity contribution is 0.251. The average molecular weight is 496 g/mol. The Labute approximate surface area is 184 Å². The van der Waals surface area contributed by atoms with Gasteiger partial charge in [-0.25, -0.2) is 0 Å². The van der Waals surface area contributed by atoms with Crippen molar-refractivity contribution in [2.75, 3.05) is 39.2 Å². The number of anilines is 1. The number of halogens is 1. The summed E-state index contributed by atoms with van der Waals surface area (Å²) < 4.78 is 10.6. The van der Waals surface area contributed by atoms with Gasteiger partial charge >= 0.3 is 0 Å². The second-order valence-electron chi connectivity index (χ2n) is 6.61. The first-order chi connectivity index (χ1) is 13.2. The largest absolute Gasteiger partial charge is 0.497 e. The van der Waals surface area contributed by atoms with E-state index in [9.17, 15) is 0 Å². The van der Waals surface area contributed by atoms with Gasteiger partial charge in [-0.15, -0.1) is 24.0 Å². The SMILES string of the molecule is COc1ccc(NC(N)=NCC(c2cccc(OC)c2)N2CCCC2)cc1.I. The van der Waals surface area contributed by atoms with E-state index in [-0.39, 0.29) is 30.0 Å². The zero-order valence-electron chi connectivity index (χ0n) is 16.4. The van der Waals surface area contributed by atoms with E-state index in [4.69, 9.17) is 15.2 Å². The van der Waals surface area contributed by atoms with Crippen LogP contribution in [-0.4, -0.2) is 44.7 Å². The van der Waals surface area contributed by atoms with Crippen LogP contribution in [0.5, 0.6) is 11.5 Å². The number of ether oxygens (including phenoxy) is 2. The highest BCUT2D eigenvalue weighted by atomic mass is 127. The highest BCUT2D eigenvalue weighted by molar-refractivity contribution is 14.0. The monoisotopic (exact) mass is 496 g/mol. The molecule has 152 valence electrons. The second kappa shape index (κ2) is 11.1. The Bertz CT molecular complexity index is 761. The van der Waals surface area contributed by atoms with Gasteiger partial charge in [0.1, 0.15) is 11.5 Å². The fourth-order valence-corrected chi connectivity index (χ4v) is 3.38. The second-order valence-corrected chi connectivity index (χ2v) is 6.61. The quantitative estimate of drug-likeness (QED) is 0.346. The average Bonchev–Trinajstić information content (AvgIpc) is 3.23. The number of rotatable bonds is 7. The molecule has 0 aromatic heterocycles. The summed E-state index contributed by atoms with van der Waals surface area (Å²) >= 11 is 0. The molecular formula is C21H29IN4O2. The van der Waals surface area contributed by atoms with E-state index in [1.807, 2.05) is 36.4 Å². The van der Waals surface area contributed by atoms with Crippen LogP contribution in [0.15, 0.2) is 53.5 Å². The molecule has 0 aliphatic carbocycles. The van der Waals surface area contributed by atoms with Gasteiger partial charge in [-0.1, -0.05) is 12.1 Å². The molecule has 0 saturated carbocycles. The molecule has 1 unspecified atom stereocenters. The van der Waals surface area contributed by atoms with Crippen molar-refractivity contribution in [1.29, 1.82) is 0 Å². The topological polar surface area (TPSA) is 72.1 Å². The van der Waals surface area contributed by atoms with Crippen LogP contribution in [0.25, 0.3) is 0 Å². The third kappa shape index (κ3) is 6.00. The minimum Gasteiger partial charge on any atom is -0.497 e. The van der Waals surface area contributed by atoms with Crippen molar-refractivity contribution in [3.8, 4) is 11.5 Å². The molecule has 1 aliphatic heterocycles. The number of likely N-dealkylation sites (tertiary alicyclic amines) is 1. The first kappa shape index (κ1) is 22.3. The van der Waals surface area contributed by atoms with Crippen LogP contribution in [-0.2, 0) is 0 Å². The highest BCUT2D eigenvalue weighted by Crippen LogP contribution is 2.28. The number of methoxy groups -OCH3 is 2. The molecule has 1 aliphatic rings. The summed E-state index contributed by atoms with van der Waals surface area (Å²) in [5, 5.41) is 3.14. The lowest BCUT2D eigenvalue weighted by Gasteiger charge is -2.27. The Morgan fingerprint density at radius 3 is 2.39 bits per heavy atom. The Balaban J connectivity index is 0.00000280. The number of hydrogen-bond acceptors (Lipinski definition) is 4. The van der Waals surface area contributed by atoms with E-state index in [2.05, 4.69) is 27.3 Å². The molecule has 7 heteroatoms. The van der Waals surface area contributed by atoms with Crippen LogP contribution in [0.2, 0.25) is 0 Å². The lowest BCUT2D eigenvalue weighted by atomic mass is 10.1. The van der Waals surface area contributed by atoms with Crippen LogP contribution in [0.1, 0.15) is 24.4 Å². The normalized spacial score (nSPS) is 15.6. The molecule has 3 rings (SSSR count). The van der Waals surface area contributed by atoms with Gasteiger partial charge in [-0.05, 0) is 67.9 Å². The fourth-order valence-electron chi connectivity index (χ4n) is 3.38. The van der Waals surface area contributed by atoms with Crippen LogP contribution < -0.4 is 20.5 Å². The predicted molar refractivity (Wildman–Crippen MR) is 125 cm³/mol. The summed E-state index contributed by atoms with van der Waals surface area (Å²) in [6.45, 7) is 2.77. The van der Waals surface area contributed by atoms with Crippen molar-refractivity contribution in [3.05, 3.63) is 54.1 Å². The third-order valence-electron chi connectivity index (χ3n) is 4.86. The summed E-state index contributed by atoms with van der Waals surface area (Å²) in [4.78, 5) is 7.08. The molecule has 1 saturated heterocycles. The molecule has 1 atom stereocenters. The number of guanidine groups is 1. The van der Waals surface area contributed by atoms with Crippen LogP contribution in [0, 0.1) is 0 Å². The number of nitrogens with two attached hydrogens (primary N) is 1. The van der Waals surface area contributed by atoms with Gasteiger partial charge in [0.2, 0.25) is 0 Å². The van der Waals surface area contributed by atoms with Crippen molar-refractivity contribution in [2.24, 2.45) is 10.7 Å². The van der Waals surface area contributed by atoms with Crippen molar-refractivity contribution in [1.82, 2.24) is 4.90 Å². The number of benzene rings is 2. The number of nitrogens with zero attached hydrogens (tertiary/aromatic N) is 2. The third-order valence-corrected chi connectivity index (χ3v) is 4.86. The molecular weight excluding hydrogens is 467 g/mol. The van der Waals surface area contributed by atoms with Crippen LogP contribution in [0.3, 0.4) is 0 Å². The maximum atomic E-state index is 6.12. The maximum absolute atomic E-state index is 6.12. The van der Waals surface area contributed by atoms with Gasteiger partial charge in [0.05, 0.1) is 26.8 Å². The zero-order valence-corrected chi connectivity index (χ0v) is 18.8. The van der Waals surface area contributed by atoms with E-state index in [0.29, 0.717) is 12.5 Å². The maximum Gasteiger partial charge on any atom is 0.193 e. The standard InChI is InChI=1S/C21H28N4O2.HI/c1-26-18-10-8-17(9-11-18)24-21(22)23-15-20(25-12-3-4-13-25)16-6-5-7-19(14-16)27-2;/h5-11,14,20H,3-4,12-13,15H2,1-2H3,(H3,22,23,24);1H. The van der Waals surface area contributed by atoms with Crippen molar-refractivity contribution >= 4 is 35.6 Å². The first-order valence-electron chi connectivity index (χ1n) is 9.28. The molecule has 0 spiro atoms. The molecule has 0 bridgehead atoms.